The molecule has 0 saturated heterocycles. The lowest BCUT2D eigenvalue weighted by Crippen LogP contribution is -2.01. The fraction of sp³-hybridized carbons (Fsp3) is 0.0741. The SMILES string of the molecule is COC(=O)c1ccc(Oc2ccc(NCc3ccc(Oc4ccccc4)cc3)cc2)c(Cl)c1. The lowest BCUT2D eigenvalue weighted by atomic mass is 10.2. The fourth-order valence-corrected chi connectivity index (χ4v) is 3.32. The third kappa shape index (κ3) is 6.05. The van der Waals surface area contributed by atoms with Crippen molar-refractivity contribution in [2.45, 2.75) is 6.54 Å². The summed E-state index contributed by atoms with van der Waals surface area (Å²) in [6.45, 7) is 0.673. The van der Waals surface area contributed by atoms with Gasteiger partial charge in [-0.25, -0.2) is 4.79 Å². The largest absolute Gasteiger partial charge is 0.465 e. The quantitative estimate of drug-likeness (QED) is 0.280. The highest BCUT2D eigenvalue weighted by Gasteiger charge is 2.10. The van der Waals surface area contributed by atoms with E-state index in [4.69, 9.17) is 25.8 Å². The number of hydrogen-bond acceptors (Lipinski definition) is 5. The molecule has 4 aromatic rings. The summed E-state index contributed by atoms with van der Waals surface area (Å²) >= 11 is 6.23. The number of carbonyl (C=O) groups excluding carboxylic acids is 1. The molecule has 33 heavy (non-hydrogen) atoms. The molecule has 0 amide bonds. The van der Waals surface area contributed by atoms with E-state index in [0.29, 0.717) is 28.6 Å². The molecule has 4 rings (SSSR count). The van der Waals surface area contributed by atoms with Crippen molar-refractivity contribution < 1.29 is 19.0 Å². The van der Waals surface area contributed by atoms with Crippen LogP contribution >= 0.6 is 11.6 Å². The van der Waals surface area contributed by atoms with Gasteiger partial charge in [0.05, 0.1) is 17.7 Å². The first kappa shape index (κ1) is 22.2. The Morgan fingerprint density at radius 2 is 1.42 bits per heavy atom. The van der Waals surface area contributed by atoms with Gasteiger partial charge in [-0.15, -0.1) is 0 Å². The van der Waals surface area contributed by atoms with E-state index in [0.717, 1.165) is 22.7 Å². The standard InChI is InChI=1S/C27H22ClNO4/c1-31-27(30)20-9-16-26(25(28)17-20)33-24-14-10-21(11-15-24)29-18-19-7-12-23(13-8-19)32-22-5-3-2-4-6-22/h2-17,29H,18H2,1H3. The Hall–Kier alpha value is -3.96. The number of rotatable bonds is 8. The lowest BCUT2D eigenvalue weighted by molar-refractivity contribution is 0.0600. The maximum atomic E-state index is 11.6. The van der Waals surface area contributed by atoms with Gasteiger partial charge in [-0.3, -0.25) is 0 Å². The number of carbonyl (C=O) groups is 1. The average Bonchev–Trinajstić information content (AvgIpc) is 2.86. The van der Waals surface area contributed by atoms with Gasteiger partial charge in [0.15, 0.2) is 0 Å². The normalized spacial score (nSPS) is 10.4. The highest BCUT2D eigenvalue weighted by atomic mass is 35.5. The predicted octanol–water partition coefficient (Wildman–Crippen LogP) is 7.32. The molecule has 0 aliphatic rings. The molecular weight excluding hydrogens is 438 g/mol. The molecular formula is C27H22ClNO4. The molecule has 0 atom stereocenters. The molecule has 0 heterocycles. The first-order valence-corrected chi connectivity index (χ1v) is 10.7. The molecule has 0 spiro atoms. The third-order valence-corrected chi connectivity index (χ3v) is 5.13. The zero-order chi connectivity index (χ0) is 23.0. The molecule has 0 aromatic heterocycles. The minimum absolute atomic E-state index is 0.333. The summed E-state index contributed by atoms with van der Waals surface area (Å²) in [5.41, 5.74) is 2.46. The van der Waals surface area contributed by atoms with Gasteiger partial charge in [-0.05, 0) is 72.3 Å². The van der Waals surface area contributed by atoms with E-state index < -0.39 is 5.97 Å². The van der Waals surface area contributed by atoms with E-state index in [1.54, 1.807) is 12.1 Å². The fourth-order valence-electron chi connectivity index (χ4n) is 3.10. The van der Waals surface area contributed by atoms with Crippen LogP contribution in [0.1, 0.15) is 15.9 Å². The third-order valence-electron chi connectivity index (χ3n) is 4.83. The van der Waals surface area contributed by atoms with Crippen LogP contribution < -0.4 is 14.8 Å². The van der Waals surface area contributed by atoms with Gasteiger partial charge in [0, 0.05) is 12.2 Å². The van der Waals surface area contributed by atoms with Gasteiger partial charge in [-0.1, -0.05) is 41.9 Å². The number of nitrogens with one attached hydrogen (secondary N) is 1. The van der Waals surface area contributed by atoms with Crippen LogP contribution in [0.5, 0.6) is 23.0 Å². The number of esters is 1. The number of ether oxygens (including phenoxy) is 3. The summed E-state index contributed by atoms with van der Waals surface area (Å²) in [5.74, 6) is 2.26. The van der Waals surface area contributed by atoms with Crippen LogP contribution in [-0.4, -0.2) is 13.1 Å². The second kappa shape index (κ2) is 10.6. The summed E-state index contributed by atoms with van der Waals surface area (Å²) in [6.07, 6.45) is 0. The van der Waals surface area contributed by atoms with Gasteiger partial charge < -0.3 is 19.5 Å². The molecule has 5 nitrogen and oxygen atoms in total. The molecule has 166 valence electrons. The summed E-state index contributed by atoms with van der Waals surface area (Å²) in [7, 11) is 1.33. The number of methoxy groups -OCH3 is 1. The van der Waals surface area contributed by atoms with E-state index in [9.17, 15) is 4.79 Å². The maximum absolute atomic E-state index is 11.6. The molecule has 1 N–H and O–H groups in total. The first-order valence-electron chi connectivity index (χ1n) is 10.3. The van der Waals surface area contributed by atoms with Crippen molar-refractivity contribution >= 4 is 23.3 Å². The van der Waals surface area contributed by atoms with Gasteiger partial charge in [0.25, 0.3) is 0 Å². The average molecular weight is 460 g/mol. The van der Waals surface area contributed by atoms with Crippen LogP contribution in [0.3, 0.4) is 0 Å². The van der Waals surface area contributed by atoms with Gasteiger partial charge in [-0.2, -0.15) is 0 Å². The molecule has 0 saturated carbocycles. The lowest BCUT2D eigenvalue weighted by Gasteiger charge is -2.11. The minimum Gasteiger partial charge on any atom is -0.465 e. The molecule has 6 heteroatoms. The molecule has 0 radical (unpaired) electrons. The van der Waals surface area contributed by atoms with Crippen LogP contribution in [0, 0.1) is 0 Å². The zero-order valence-electron chi connectivity index (χ0n) is 18.0. The Balaban J connectivity index is 1.31. The highest BCUT2D eigenvalue weighted by Crippen LogP contribution is 2.31. The number of para-hydroxylation sites is 1. The summed E-state index contributed by atoms with van der Waals surface area (Å²) in [5, 5.41) is 3.72. The van der Waals surface area contributed by atoms with E-state index in [2.05, 4.69) is 5.32 Å². The molecule has 4 aromatic carbocycles. The first-order chi connectivity index (χ1) is 16.1. The topological polar surface area (TPSA) is 56.8 Å². The van der Waals surface area contributed by atoms with Crippen molar-refractivity contribution in [1.29, 1.82) is 0 Å². The number of benzene rings is 4. The predicted molar refractivity (Wildman–Crippen MR) is 130 cm³/mol. The second-order valence-corrected chi connectivity index (χ2v) is 7.58. The van der Waals surface area contributed by atoms with Crippen LogP contribution in [0.4, 0.5) is 5.69 Å². The Morgan fingerprint density at radius 1 is 0.788 bits per heavy atom. The van der Waals surface area contributed by atoms with Crippen molar-refractivity contribution in [3.8, 4) is 23.0 Å². The van der Waals surface area contributed by atoms with Crippen molar-refractivity contribution in [1.82, 2.24) is 0 Å². The van der Waals surface area contributed by atoms with Crippen LogP contribution in [0.25, 0.3) is 0 Å². The minimum atomic E-state index is -0.447. The Labute approximate surface area is 197 Å². The Bertz CT molecular complexity index is 1210. The summed E-state index contributed by atoms with van der Waals surface area (Å²) in [4.78, 5) is 11.6. The summed E-state index contributed by atoms with van der Waals surface area (Å²) < 4.78 is 16.4. The van der Waals surface area contributed by atoms with E-state index in [1.165, 1.54) is 13.2 Å². The number of anilines is 1. The maximum Gasteiger partial charge on any atom is 0.337 e. The van der Waals surface area contributed by atoms with Gasteiger partial charge in [0.2, 0.25) is 0 Å². The molecule has 0 bridgehead atoms. The number of hydrogen-bond donors (Lipinski definition) is 1. The van der Waals surface area contributed by atoms with Crippen LogP contribution in [-0.2, 0) is 11.3 Å². The highest BCUT2D eigenvalue weighted by molar-refractivity contribution is 6.32. The van der Waals surface area contributed by atoms with Crippen molar-refractivity contribution in [2.24, 2.45) is 0 Å². The van der Waals surface area contributed by atoms with E-state index in [1.807, 2.05) is 78.9 Å². The van der Waals surface area contributed by atoms with Crippen molar-refractivity contribution in [2.75, 3.05) is 12.4 Å². The van der Waals surface area contributed by atoms with E-state index in [-0.39, 0.29) is 0 Å². The molecule has 0 unspecified atom stereocenters. The van der Waals surface area contributed by atoms with E-state index >= 15 is 0 Å². The van der Waals surface area contributed by atoms with Crippen LogP contribution in [0.15, 0.2) is 97.1 Å². The van der Waals surface area contributed by atoms with Gasteiger partial charge in [0.1, 0.15) is 23.0 Å². The monoisotopic (exact) mass is 459 g/mol. The van der Waals surface area contributed by atoms with Gasteiger partial charge >= 0.3 is 5.97 Å². The Morgan fingerprint density at radius 3 is 2.09 bits per heavy atom. The molecule has 0 fully saturated rings. The summed E-state index contributed by atoms with van der Waals surface area (Å²) in [6, 6.07) is 30.0. The number of halogens is 1. The Kier molecular flexibility index (Phi) is 7.12. The molecule has 0 aliphatic heterocycles. The smallest absolute Gasteiger partial charge is 0.337 e. The molecule has 0 aliphatic carbocycles. The second-order valence-electron chi connectivity index (χ2n) is 7.18. The zero-order valence-corrected chi connectivity index (χ0v) is 18.7. The van der Waals surface area contributed by atoms with Crippen molar-refractivity contribution in [3.05, 3.63) is 113 Å². The van der Waals surface area contributed by atoms with Crippen molar-refractivity contribution in [3.63, 3.8) is 0 Å². The van der Waals surface area contributed by atoms with Crippen LogP contribution in [0.2, 0.25) is 5.02 Å².